The third-order valence-electron chi connectivity index (χ3n) is 4.22. The molecule has 1 N–H and O–H groups in total. The quantitative estimate of drug-likeness (QED) is 0.361. The number of amides is 1. The molecule has 0 aliphatic heterocycles. The lowest BCUT2D eigenvalue weighted by Gasteiger charge is -2.06. The van der Waals surface area contributed by atoms with E-state index in [4.69, 9.17) is 4.74 Å². The number of hydrogen-bond donors (Lipinski definition) is 1. The number of non-ortho nitro benzene ring substituents is 1. The monoisotopic (exact) mass is 389 g/mol. The van der Waals surface area contributed by atoms with Crippen LogP contribution in [-0.4, -0.2) is 28.4 Å². The number of hydrogen-bond acceptors (Lipinski definition) is 7. The van der Waals surface area contributed by atoms with Gasteiger partial charge in [-0.2, -0.15) is 0 Å². The minimum atomic E-state index is -0.712. The summed E-state index contributed by atoms with van der Waals surface area (Å²) < 4.78 is 4.88. The van der Waals surface area contributed by atoms with E-state index >= 15 is 0 Å². The number of nitrogens with one attached hydrogen (secondary N) is 1. The first kappa shape index (κ1) is 19.0. The summed E-state index contributed by atoms with van der Waals surface area (Å²) in [6, 6.07) is 3.52. The molecule has 0 atom stereocenters. The van der Waals surface area contributed by atoms with Gasteiger partial charge in [0.1, 0.15) is 0 Å². The molecular formula is C18H19N3O5S. The molecule has 0 saturated carbocycles. The van der Waals surface area contributed by atoms with E-state index in [0.29, 0.717) is 5.13 Å². The Balaban J connectivity index is 1.85. The smallest absolute Gasteiger partial charge is 0.338 e. The first-order chi connectivity index (χ1) is 13.0. The van der Waals surface area contributed by atoms with Crippen LogP contribution in [-0.2, 0) is 17.6 Å². The van der Waals surface area contributed by atoms with Crippen LogP contribution in [0.1, 0.15) is 57.5 Å². The fourth-order valence-electron chi connectivity index (χ4n) is 2.93. The predicted molar refractivity (Wildman–Crippen MR) is 100 cm³/mol. The largest absolute Gasteiger partial charge is 0.462 e. The standard InChI is InChI=1S/C18H19N3O5S/c1-2-26-17(23)12-8-11(9-13(10-12)21(24)25)16(22)20-18-19-14-6-4-3-5-7-15(14)27-18/h8-10H,2-7H2,1H3,(H,19,20,22). The van der Waals surface area contributed by atoms with Crippen LogP contribution in [0.15, 0.2) is 18.2 Å². The van der Waals surface area contributed by atoms with Crippen molar-refractivity contribution in [2.75, 3.05) is 11.9 Å². The van der Waals surface area contributed by atoms with Crippen molar-refractivity contribution in [2.45, 2.75) is 39.0 Å². The zero-order valence-electron chi connectivity index (χ0n) is 14.8. The van der Waals surface area contributed by atoms with Crippen LogP contribution in [0.4, 0.5) is 10.8 Å². The molecule has 27 heavy (non-hydrogen) atoms. The summed E-state index contributed by atoms with van der Waals surface area (Å²) in [4.78, 5) is 40.7. The Labute approximate surface area is 159 Å². The first-order valence-corrected chi connectivity index (χ1v) is 9.56. The molecule has 1 aromatic carbocycles. The second-order valence-corrected chi connectivity index (χ2v) is 7.23. The van der Waals surface area contributed by atoms with Crippen molar-refractivity contribution < 1.29 is 19.2 Å². The molecule has 0 bridgehead atoms. The number of nitro benzene ring substituents is 1. The lowest BCUT2D eigenvalue weighted by molar-refractivity contribution is -0.384. The Morgan fingerprint density at radius 2 is 1.96 bits per heavy atom. The number of nitro groups is 1. The molecule has 9 heteroatoms. The SMILES string of the molecule is CCOC(=O)c1cc(C(=O)Nc2nc3c(s2)CCCCC3)cc([N+](=O)[O-])c1. The van der Waals surface area contributed by atoms with Crippen LogP contribution in [0, 0.1) is 10.1 Å². The molecule has 1 aliphatic carbocycles. The van der Waals surface area contributed by atoms with Gasteiger partial charge in [-0.1, -0.05) is 6.42 Å². The van der Waals surface area contributed by atoms with Gasteiger partial charge in [-0.3, -0.25) is 20.2 Å². The van der Waals surface area contributed by atoms with E-state index in [-0.39, 0.29) is 23.4 Å². The van der Waals surface area contributed by atoms with Gasteiger partial charge in [0, 0.05) is 22.6 Å². The van der Waals surface area contributed by atoms with Gasteiger partial charge in [0.05, 0.1) is 22.8 Å². The zero-order valence-corrected chi connectivity index (χ0v) is 15.6. The summed E-state index contributed by atoms with van der Waals surface area (Å²) in [7, 11) is 0. The van der Waals surface area contributed by atoms with Crippen molar-refractivity contribution in [1.82, 2.24) is 4.98 Å². The van der Waals surface area contributed by atoms with Gasteiger partial charge >= 0.3 is 5.97 Å². The van der Waals surface area contributed by atoms with Crippen LogP contribution in [0.5, 0.6) is 0 Å². The molecule has 8 nitrogen and oxygen atoms in total. The first-order valence-electron chi connectivity index (χ1n) is 8.74. The summed E-state index contributed by atoms with van der Waals surface area (Å²) in [6.07, 6.45) is 5.21. The molecule has 0 saturated heterocycles. The molecule has 1 aliphatic rings. The van der Waals surface area contributed by atoms with Gasteiger partial charge in [0.25, 0.3) is 11.6 Å². The van der Waals surface area contributed by atoms with Crippen molar-refractivity contribution in [2.24, 2.45) is 0 Å². The van der Waals surface area contributed by atoms with Crippen LogP contribution >= 0.6 is 11.3 Å². The van der Waals surface area contributed by atoms with E-state index in [2.05, 4.69) is 10.3 Å². The lowest BCUT2D eigenvalue weighted by Crippen LogP contribution is -2.14. The number of aromatic nitrogens is 1. The fraction of sp³-hybridized carbons (Fsp3) is 0.389. The third kappa shape index (κ3) is 4.48. The lowest BCUT2D eigenvalue weighted by atomic mass is 10.1. The number of carbonyl (C=O) groups is 2. The van der Waals surface area contributed by atoms with E-state index in [0.717, 1.165) is 43.5 Å². The van der Waals surface area contributed by atoms with Crippen molar-refractivity contribution in [3.63, 3.8) is 0 Å². The average Bonchev–Trinajstić information content (AvgIpc) is 2.89. The zero-order chi connectivity index (χ0) is 19.4. The van der Waals surface area contributed by atoms with Gasteiger partial charge in [-0.25, -0.2) is 9.78 Å². The highest BCUT2D eigenvalue weighted by Crippen LogP contribution is 2.29. The van der Waals surface area contributed by atoms with Crippen molar-refractivity contribution in [1.29, 1.82) is 0 Å². The Morgan fingerprint density at radius 3 is 2.70 bits per heavy atom. The molecule has 0 fully saturated rings. The fourth-order valence-corrected chi connectivity index (χ4v) is 3.98. The predicted octanol–water partition coefficient (Wildman–Crippen LogP) is 3.75. The maximum atomic E-state index is 12.6. The second kappa shape index (κ2) is 8.26. The number of ether oxygens (including phenoxy) is 1. The second-order valence-electron chi connectivity index (χ2n) is 6.15. The summed E-state index contributed by atoms with van der Waals surface area (Å²) in [5.74, 6) is -1.26. The Kier molecular flexibility index (Phi) is 5.80. The summed E-state index contributed by atoms with van der Waals surface area (Å²) >= 11 is 1.43. The molecule has 0 unspecified atom stereocenters. The number of esters is 1. The van der Waals surface area contributed by atoms with Gasteiger partial charge in [0.15, 0.2) is 5.13 Å². The number of nitrogens with zero attached hydrogens (tertiary/aromatic N) is 2. The van der Waals surface area contributed by atoms with Crippen molar-refractivity contribution >= 4 is 34.0 Å². The van der Waals surface area contributed by atoms with E-state index in [1.54, 1.807) is 6.92 Å². The number of rotatable bonds is 5. The molecule has 0 spiro atoms. The summed E-state index contributed by atoms with van der Waals surface area (Å²) in [6.45, 7) is 1.77. The van der Waals surface area contributed by atoms with Gasteiger partial charge in [-0.15, -0.1) is 11.3 Å². The van der Waals surface area contributed by atoms with E-state index < -0.39 is 16.8 Å². The molecule has 1 heterocycles. The van der Waals surface area contributed by atoms with E-state index in [1.165, 1.54) is 28.7 Å². The Morgan fingerprint density at radius 1 is 1.22 bits per heavy atom. The van der Waals surface area contributed by atoms with E-state index in [1.807, 2.05) is 0 Å². The topological polar surface area (TPSA) is 111 Å². The van der Waals surface area contributed by atoms with Crippen molar-refractivity contribution in [3.8, 4) is 0 Å². The van der Waals surface area contributed by atoms with Crippen LogP contribution in [0.3, 0.4) is 0 Å². The van der Waals surface area contributed by atoms with Gasteiger partial charge < -0.3 is 4.74 Å². The van der Waals surface area contributed by atoms with Gasteiger partial charge in [-0.05, 0) is 38.7 Å². The molecule has 1 aromatic heterocycles. The van der Waals surface area contributed by atoms with Crippen LogP contribution < -0.4 is 5.32 Å². The summed E-state index contributed by atoms with van der Waals surface area (Å²) in [5, 5.41) is 14.3. The highest BCUT2D eigenvalue weighted by Gasteiger charge is 2.20. The van der Waals surface area contributed by atoms with E-state index in [9.17, 15) is 19.7 Å². The number of benzene rings is 1. The third-order valence-corrected chi connectivity index (χ3v) is 5.29. The minimum absolute atomic E-state index is 0.0117. The molecule has 3 rings (SSSR count). The normalized spacial score (nSPS) is 13.4. The summed E-state index contributed by atoms with van der Waals surface area (Å²) in [5.41, 5.74) is 0.642. The number of aryl methyl sites for hydroxylation is 2. The number of anilines is 1. The van der Waals surface area contributed by atoms with Crippen LogP contribution in [0.25, 0.3) is 0 Å². The van der Waals surface area contributed by atoms with Crippen molar-refractivity contribution in [3.05, 3.63) is 50.0 Å². The highest BCUT2D eigenvalue weighted by atomic mass is 32.1. The number of thiazole rings is 1. The maximum absolute atomic E-state index is 12.6. The number of fused-ring (bicyclic) bond motifs is 1. The Hall–Kier alpha value is -2.81. The highest BCUT2D eigenvalue weighted by molar-refractivity contribution is 7.15. The molecule has 0 radical (unpaired) electrons. The minimum Gasteiger partial charge on any atom is -0.462 e. The Bertz CT molecular complexity index is 870. The molecule has 1 amide bonds. The maximum Gasteiger partial charge on any atom is 0.338 e. The van der Waals surface area contributed by atoms with Gasteiger partial charge in [0.2, 0.25) is 0 Å². The molecular weight excluding hydrogens is 370 g/mol. The molecule has 2 aromatic rings. The average molecular weight is 389 g/mol. The molecule has 142 valence electrons. The number of carbonyl (C=O) groups excluding carboxylic acids is 2. The van der Waals surface area contributed by atoms with Crippen LogP contribution in [0.2, 0.25) is 0 Å².